The molecule has 0 rings (SSSR count). The van der Waals surface area contributed by atoms with Crippen LogP contribution in [-0.4, -0.2) is 22.9 Å². The molecular formula is C5H8ClNO2S. The third kappa shape index (κ3) is 3.74. The second-order valence-corrected chi connectivity index (χ2v) is 2.50. The van der Waals surface area contributed by atoms with Crippen molar-refractivity contribution in [1.29, 1.82) is 0 Å². The fourth-order valence-electron chi connectivity index (χ4n) is 0.412. The van der Waals surface area contributed by atoms with Crippen LogP contribution in [0.3, 0.4) is 0 Å². The Hall–Kier alpha value is -0.220. The first-order valence-electron chi connectivity index (χ1n) is 2.63. The Morgan fingerprint density at radius 1 is 1.70 bits per heavy atom. The smallest absolute Gasteiger partial charge is 0.217 e. The molecule has 0 aromatic carbocycles. The van der Waals surface area contributed by atoms with Crippen LogP contribution >= 0.6 is 24.2 Å². The van der Waals surface area contributed by atoms with Crippen molar-refractivity contribution >= 4 is 35.3 Å². The number of hydrogen-bond acceptors (Lipinski definition) is 2. The lowest BCUT2D eigenvalue weighted by molar-refractivity contribution is -0.122. The standard InChI is InChI=1S/C5H8ClNO2S/c1-3(8)7-4(2-6)5(9)10/h4H,2H2,1H3,(H,7,8)(H,9,10). The van der Waals surface area contributed by atoms with Gasteiger partial charge in [-0.25, -0.2) is 0 Å². The number of alkyl halides is 1. The van der Waals surface area contributed by atoms with Crippen molar-refractivity contribution in [2.24, 2.45) is 0 Å². The first-order chi connectivity index (χ1) is 4.57. The largest absolute Gasteiger partial charge is 0.344 e. The van der Waals surface area contributed by atoms with Crippen LogP contribution < -0.4 is 5.32 Å². The number of hydrogen-bond donors (Lipinski definition) is 2. The van der Waals surface area contributed by atoms with Gasteiger partial charge < -0.3 is 5.32 Å². The lowest BCUT2D eigenvalue weighted by Crippen LogP contribution is -2.38. The van der Waals surface area contributed by atoms with E-state index in [0.717, 1.165) is 0 Å². The summed E-state index contributed by atoms with van der Waals surface area (Å²) in [5.41, 5.74) is 0. The Morgan fingerprint density at radius 3 is 2.30 bits per heavy atom. The highest BCUT2D eigenvalue weighted by molar-refractivity contribution is 7.96. The number of halogens is 1. The highest BCUT2D eigenvalue weighted by Crippen LogP contribution is 1.93. The van der Waals surface area contributed by atoms with E-state index >= 15 is 0 Å². The second kappa shape index (κ2) is 4.57. The highest BCUT2D eigenvalue weighted by atomic mass is 35.5. The fourth-order valence-corrected chi connectivity index (χ4v) is 0.892. The van der Waals surface area contributed by atoms with Crippen molar-refractivity contribution in [1.82, 2.24) is 5.32 Å². The Morgan fingerprint density at radius 2 is 2.20 bits per heavy atom. The molecule has 0 aliphatic carbocycles. The van der Waals surface area contributed by atoms with Crippen LogP contribution in [0.4, 0.5) is 0 Å². The lowest BCUT2D eigenvalue weighted by Gasteiger charge is -2.08. The molecule has 0 radical (unpaired) electrons. The van der Waals surface area contributed by atoms with Crippen molar-refractivity contribution in [3.8, 4) is 0 Å². The lowest BCUT2D eigenvalue weighted by atomic mass is 10.4. The second-order valence-electron chi connectivity index (χ2n) is 1.75. The van der Waals surface area contributed by atoms with Crippen molar-refractivity contribution in [3.63, 3.8) is 0 Å². The summed E-state index contributed by atoms with van der Waals surface area (Å²) >= 11 is 8.83. The maximum absolute atomic E-state index is 10.5. The summed E-state index contributed by atoms with van der Waals surface area (Å²) in [4.78, 5) is 20.8. The molecular weight excluding hydrogens is 174 g/mol. The van der Waals surface area contributed by atoms with Crippen LogP contribution in [0.15, 0.2) is 0 Å². The van der Waals surface area contributed by atoms with Gasteiger partial charge in [0.2, 0.25) is 11.0 Å². The molecule has 1 N–H and O–H groups in total. The van der Waals surface area contributed by atoms with E-state index in [1.807, 2.05) is 0 Å². The minimum Gasteiger partial charge on any atom is -0.344 e. The topological polar surface area (TPSA) is 46.2 Å². The summed E-state index contributed by atoms with van der Waals surface area (Å²) in [6.07, 6.45) is 0. The molecule has 1 unspecified atom stereocenters. The third-order valence-corrected chi connectivity index (χ3v) is 1.45. The zero-order valence-electron chi connectivity index (χ0n) is 5.43. The number of thiol groups is 1. The predicted octanol–water partition coefficient (Wildman–Crippen LogP) is 0.186. The maximum atomic E-state index is 10.5. The summed E-state index contributed by atoms with van der Waals surface area (Å²) in [7, 11) is 0. The van der Waals surface area contributed by atoms with Crippen LogP contribution in [0.2, 0.25) is 0 Å². The Kier molecular flexibility index (Phi) is 4.47. The van der Waals surface area contributed by atoms with Gasteiger partial charge in [-0.05, 0) is 0 Å². The summed E-state index contributed by atoms with van der Waals surface area (Å²) in [5.74, 6) is -0.227. The Balaban J connectivity index is 3.83. The van der Waals surface area contributed by atoms with Gasteiger partial charge in [0.1, 0.15) is 6.04 Å². The molecule has 5 heteroatoms. The van der Waals surface area contributed by atoms with Crippen molar-refractivity contribution < 1.29 is 9.59 Å². The van der Waals surface area contributed by atoms with E-state index in [1.165, 1.54) is 6.92 Å². The molecule has 0 saturated carbocycles. The predicted molar refractivity (Wildman–Crippen MR) is 42.3 cm³/mol. The fraction of sp³-hybridized carbons (Fsp3) is 0.600. The highest BCUT2D eigenvalue weighted by Gasteiger charge is 2.13. The molecule has 10 heavy (non-hydrogen) atoms. The molecule has 0 fully saturated rings. The average Bonchev–Trinajstić information content (AvgIpc) is 1.81. The molecule has 0 aliphatic rings. The molecule has 0 aliphatic heterocycles. The average molecular weight is 182 g/mol. The number of rotatable bonds is 3. The van der Waals surface area contributed by atoms with Gasteiger partial charge in [-0.1, -0.05) is 0 Å². The SMILES string of the molecule is CC(=O)NC(CCl)C(=O)S. The van der Waals surface area contributed by atoms with Gasteiger partial charge >= 0.3 is 0 Å². The van der Waals surface area contributed by atoms with Crippen LogP contribution in [0.5, 0.6) is 0 Å². The zero-order chi connectivity index (χ0) is 8.15. The normalized spacial score (nSPS) is 12.3. The zero-order valence-corrected chi connectivity index (χ0v) is 7.08. The molecule has 0 aromatic heterocycles. The maximum Gasteiger partial charge on any atom is 0.217 e. The van der Waals surface area contributed by atoms with Crippen LogP contribution in [-0.2, 0) is 9.59 Å². The molecule has 1 atom stereocenters. The molecule has 58 valence electrons. The molecule has 1 amide bonds. The first kappa shape index (κ1) is 9.78. The van der Waals surface area contributed by atoms with E-state index < -0.39 is 11.2 Å². The van der Waals surface area contributed by atoms with Gasteiger partial charge in [0.15, 0.2) is 0 Å². The summed E-state index contributed by atoms with van der Waals surface area (Å²) < 4.78 is 0. The number of amides is 1. The monoisotopic (exact) mass is 181 g/mol. The summed E-state index contributed by atoms with van der Waals surface area (Å²) in [5, 5.41) is 1.91. The molecule has 0 heterocycles. The summed E-state index contributed by atoms with van der Waals surface area (Å²) in [6, 6.07) is -0.664. The Bertz CT molecular complexity index is 151. The van der Waals surface area contributed by atoms with E-state index in [0.29, 0.717) is 0 Å². The van der Waals surface area contributed by atoms with Crippen LogP contribution in [0.25, 0.3) is 0 Å². The Labute approximate surface area is 69.5 Å². The van der Waals surface area contributed by atoms with Crippen LogP contribution in [0.1, 0.15) is 6.92 Å². The molecule has 0 bridgehead atoms. The van der Waals surface area contributed by atoms with Crippen molar-refractivity contribution in [2.45, 2.75) is 13.0 Å². The molecule has 0 spiro atoms. The van der Waals surface area contributed by atoms with Crippen LogP contribution in [0, 0.1) is 0 Å². The quantitative estimate of drug-likeness (QED) is 0.482. The molecule has 0 aromatic rings. The minimum atomic E-state index is -0.664. The van der Waals surface area contributed by atoms with Gasteiger partial charge in [-0.15, -0.1) is 24.2 Å². The van der Waals surface area contributed by atoms with E-state index in [4.69, 9.17) is 11.6 Å². The molecule has 3 nitrogen and oxygen atoms in total. The third-order valence-electron chi connectivity index (χ3n) is 0.830. The van der Waals surface area contributed by atoms with E-state index in [2.05, 4.69) is 17.9 Å². The van der Waals surface area contributed by atoms with E-state index in [-0.39, 0.29) is 11.8 Å². The van der Waals surface area contributed by atoms with E-state index in [1.54, 1.807) is 0 Å². The number of carbonyl (C=O) groups is 2. The van der Waals surface area contributed by atoms with Gasteiger partial charge in [0.25, 0.3) is 0 Å². The number of carbonyl (C=O) groups excluding carboxylic acids is 2. The van der Waals surface area contributed by atoms with Crippen molar-refractivity contribution in [3.05, 3.63) is 0 Å². The minimum absolute atomic E-state index is 0.0575. The summed E-state index contributed by atoms with van der Waals surface area (Å²) in [6.45, 7) is 1.32. The number of nitrogens with one attached hydrogen (secondary N) is 1. The van der Waals surface area contributed by atoms with Gasteiger partial charge in [0, 0.05) is 6.92 Å². The first-order valence-corrected chi connectivity index (χ1v) is 3.62. The van der Waals surface area contributed by atoms with Gasteiger partial charge in [0.05, 0.1) is 5.88 Å². The van der Waals surface area contributed by atoms with Gasteiger partial charge in [-0.3, -0.25) is 9.59 Å². The van der Waals surface area contributed by atoms with Crippen molar-refractivity contribution in [2.75, 3.05) is 5.88 Å². The van der Waals surface area contributed by atoms with E-state index in [9.17, 15) is 9.59 Å². The van der Waals surface area contributed by atoms with Gasteiger partial charge in [-0.2, -0.15) is 0 Å². The molecule has 0 saturated heterocycles.